The quantitative estimate of drug-likeness (QED) is 0.798. The Balaban J connectivity index is 1.99. The number of nitrogens with zero attached hydrogens (tertiary/aromatic N) is 2. The molecule has 0 fully saturated rings. The molecule has 0 aliphatic carbocycles. The molecular weight excluding hydrogens is 331 g/mol. The maximum Gasteiger partial charge on any atom is 0.323 e. The van der Waals surface area contributed by atoms with Gasteiger partial charge < -0.3 is 15.7 Å². The standard InChI is InChI=1S/C12H12BrFN4O2/c13-10-2-1-8(14)5-11(10)17-12(20)16-9-6-15-18(7-9)3-4-19/h1-2,5-7,19H,3-4H2,(H2,16,17,20). The molecule has 0 spiro atoms. The van der Waals surface area contributed by atoms with Crippen LogP contribution < -0.4 is 10.6 Å². The first-order valence-corrected chi connectivity index (χ1v) is 6.54. The maximum absolute atomic E-state index is 13.1. The molecule has 2 rings (SSSR count). The topological polar surface area (TPSA) is 79.2 Å². The fourth-order valence-electron chi connectivity index (χ4n) is 1.53. The van der Waals surface area contributed by atoms with Gasteiger partial charge in [-0.3, -0.25) is 4.68 Å². The van der Waals surface area contributed by atoms with Crippen LogP contribution >= 0.6 is 15.9 Å². The first-order valence-electron chi connectivity index (χ1n) is 5.75. The highest BCUT2D eigenvalue weighted by atomic mass is 79.9. The molecular formula is C12H12BrFN4O2. The molecule has 0 aliphatic rings. The molecule has 20 heavy (non-hydrogen) atoms. The van der Waals surface area contributed by atoms with Crippen molar-refractivity contribution in [2.45, 2.75) is 6.54 Å². The average Bonchev–Trinajstić information content (AvgIpc) is 2.81. The van der Waals surface area contributed by atoms with Crippen LogP contribution in [0.25, 0.3) is 0 Å². The lowest BCUT2D eigenvalue weighted by Crippen LogP contribution is -2.19. The number of hydrogen-bond donors (Lipinski definition) is 3. The Labute approximate surface area is 122 Å². The van der Waals surface area contributed by atoms with Crippen LogP contribution in [0, 0.1) is 5.82 Å². The molecule has 1 heterocycles. The highest BCUT2D eigenvalue weighted by Crippen LogP contribution is 2.23. The monoisotopic (exact) mass is 342 g/mol. The number of aromatic nitrogens is 2. The van der Waals surface area contributed by atoms with Gasteiger partial charge in [0.1, 0.15) is 5.82 Å². The normalized spacial score (nSPS) is 10.3. The van der Waals surface area contributed by atoms with E-state index in [9.17, 15) is 9.18 Å². The highest BCUT2D eigenvalue weighted by Gasteiger charge is 2.08. The molecule has 6 nitrogen and oxygen atoms in total. The lowest BCUT2D eigenvalue weighted by atomic mass is 10.3. The molecule has 0 unspecified atom stereocenters. The van der Waals surface area contributed by atoms with Gasteiger partial charge in [-0.2, -0.15) is 5.10 Å². The number of carbonyl (C=O) groups is 1. The third kappa shape index (κ3) is 3.78. The first kappa shape index (κ1) is 14.5. The van der Waals surface area contributed by atoms with Crippen LogP contribution in [-0.2, 0) is 6.54 Å². The van der Waals surface area contributed by atoms with Crippen LogP contribution in [0.4, 0.5) is 20.6 Å². The van der Waals surface area contributed by atoms with E-state index in [-0.39, 0.29) is 6.61 Å². The third-order valence-electron chi connectivity index (χ3n) is 2.40. The molecule has 2 amide bonds. The Morgan fingerprint density at radius 3 is 3.00 bits per heavy atom. The van der Waals surface area contributed by atoms with E-state index in [1.807, 2.05) is 0 Å². The molecule has 0 radical (unpaired) electrons. The maximum atomic E-state index is 13.1. The number of anilines is 2. The smallest absolute Gasteiger partial charge is 0.323 e. The Hall–Kier alpha value is -1.93. The van der Waals surface area contributed by atoms with Gasteiger partial charge >= 0.3 is 6.03 Å². The Bertz CT molecular complexity index is 617. The minimum atomic E-state index is -0.514. The third-order valence-corrected chi connectivity index (χ3v) is 3.09. The van der Waals surface area contributed by atoms with Gasteiger partial charge in [0.25, 0.3) is 0 Å². The lowest BCUT2D eigenvalue weighted by molar-refractivity contribution is 0.262. The molecule has 3 N–H and O–H groups in total. The molecule has 0 bridgehead atoms. The van der Waals surface area contributed by atoms with Gasteiger partial charge in [-0.05, 0) is 34.1 Å². The number of aliphatic hydroxyl groups is 1. The van der Waals surface area contributed by atoms with Gasteiger partial charge in [-0.1, -0.05) is 0 Å². The molecule has 0 atom stereocenters. The van der Waals surface area contributed by atoms with Gasteiger partial charge in [0.15, 0.2) is 0 Å². The molecule has 1 aromatic heterocycles. The SMILES string of the molecule is O=C(Nc1cnn(CCO)c1)Nc1cc(F)ccc1Br. The second kappa shape index (κ2) is 6.49. The summed E-state index contributed by atoms with van der Waals surface area (Å²) in [6.45, 7) is 0.308. The number of aliphatic hydroxyl groups excluding tert-OH is 1. The van der Waals surface area contributed by atoms with Crippen molar-refractivity contribution < 1.29 is 14.3 Å². The Morgan fingerprint density at radius 2 is 2.25 bits per heavy atom. The van der Waals surface area contributed by atoms with Crippen molar-refractivity contribution in [3.63, 3.8) is 0 Å². The van der Waals surface area contributed by atoms with Gasteiger partial charge in [0.05, 0.1) is 30.7 Å². The van der Waals surface area contributed by atoms with Crippen molar-refractivity contribution in [3.05, 3.63) is 40.9 Å². The number of carbonyl (C=O) groups excluding carboxylic acids is 1. The highest BCUT2D eigenvalue weighted by molar-refractivity contribution is 9.10. The summed E-state index contributed by atoms with van der Waals surface area (Å²) in [5.41, 5.74) is 0.800. The van der Waals surface area contributed by atoms with Crippen molar-refractivity contribution in [3.8, 4) is 0 Å². The second-order valence-electron chi connectivity index (χ2n) is 3.92. The summed E-state index contributed by atoms with van der Waals surface area (Å²) < 4.78 is 15.2. The number of benzene rings is 1. The molecule has 106 valence electrons. The van der Waals surface area contributed by atoms with E-state index in [0.29, 0.717) is 22.4 Å². The Kier molecular flexibility index (Phi) is 4.70. The van der Waals surface area contributed by atoms with Crippen molar-refractivity contribution in [1.82, 2.24) is 9.78 Å². The van der Waals surface area contributed by atoms with E-state index in [0.717, 1.165) is 0 Å². The minimum Gasteiger partial charge on any atom is -0.394 e. The number of hydrogen-bond acceptors (Lipinski definition) is 3. The number of urea groups is 1. The van der Waals surface area contributed by atoms with Gasteiger partial charge in [-0.25, -0.2) is 9.18 Å². The molecule has 0 aliphatic heterocycles. The summed E-state index contributed by atoms with van der Waals surface area (Å²) in [6, 6.07) is 3.48. The van der Waals surface area contributed by atoms with Crippen LogP contribution in [-0.4, -0.2) is 27.5 Å². The number of amides is 2. The van der Waals surface area contributed by atoms with Crippen LogP contribution in [0.15, 0.2) is 35.1 Å². The first-order chi connectivity index (χ1) is 9.58. The predicted molar refractivity (Wildman–Crippen MR) is 76.1 cm³/mol. The van der Waals surface area contributed by atoms with Crippen molar-refractivity contribution in [2.24, 2.45) is 0 Å². The van der Waals surface area contributed by atoms with Gasteiger partial charge in [-0.15, -0.1) is 0 Å². The molecule has 0 saturated carbocycles. The Morgan fingerprint density at radius 1 is 1.45 bits per heavy atom. The lowest BCUT2D eigenvalue weighted by Gasteiger charge is -2.07. The fraction of sp³-hybridized carbons (Fsp3) is 0.167. The summed E-state index contributed by atoms with van der Waals surface area (Å²) in [7, 11) is 0. The van der Waals surface area contributed by atoms with E-state index in [2.05, 4.69) is 31.7 Å². The van der Waals surface area contributed by atoms with Crippen LogP contribution in [0.3, 0.4) is 0 Å². The molecule has 1 aromatic carbocycles. The zero-order valence-electron chi connectivity index (χ0n) is 10.3. The largest absolute Gasteiger partial charge is 0.394 e. The van der Waals surface area contributed by atoms with E-state index < -0.39 is 11.8 Å². The minimum absolute atomic E-state index is 0.0381. The second-order valence-corrected chi connectivity index (χ2v) is 4.77. The van der Waals surface area contributed by atoms with E-state index in [1.54, 1.807) is 6.20 Å². The zero-order chi connectivity index (χ0) is 14.5. The summed E-state index contributed by atoms with van der Waals surface area (Å²) in [5.74, 6) is -0.445. The van der Waals surface area contributed by atoms with Crippen molar-refractivity contribution in [2.75, 3.05) is 17.2 Å². The van der Waals surface area contributed by atoms with Crippen LogP contribution in [0.1, 0.15) is 0 Å². The molecule has 8 heteroatoms. The average molecular weight is 343 g/mol. The zero-order valence-corrected chi connectivity index (χ0v) is 11.9. The number of nitrogens with one attached hydrogen (secondary N) is 2. The molecule has 0 saturated heterocycles. The summed E-state index contributed by atoms with van der Waals surface area (Å²) >= 11 is 3.22. The van der Waals surface area contributed by atoms with E-state index in [1.165, 1.54) is 29.1 Å². The number of halogens is 2. The van der Waals surface area contributed by atoms with Gasteiger partial charge in [0.2, 0.25) is 0 Å². The van der Waals surface area contributed by atoms with Gasteiger partial charge in [0, 0.05) is 10.7 Å². The van der Waals surface area contributed by atoms with Crippen LogP contribution in [0.5, 0.6) is 0 Å². The van der Waals surface area contributed by atoms with E-state index in [4.69, 9.17) is 5.11 Å². The van der Waals surface area contributed by atoms with E-state index >= 15 is 0 Å². The van der Waals surface area contributed by atoms with Crippen molar-refractivity contribution >= 4 is 33.3 Å². The summed E-state index contributed by atoms with van der Waals surface area (Å²) in [4.78, 5) is 11.8. The summed E-state index contributed by atoms with van der Waals surface area (Å²) in [6.07, 6.45) is 3.03. The molecule has 2 aromatic rings. The summed E-state index contributed by atoms with van der Waals surface area (Å²) in [5, 5.41) is 17.8. The predicted octanol–water partition coefficient (Wildman–Crippen LogP) is 2.42. The number of rotatable bonds is 4. The fourth-order valence-corrected chi connectivity index (χ4v) is 1.88. The van der Waals surface area contributed by atoms with Crippen molar-refractivity contribution in [1.29, 1.82) is 0 Å². The van der Waals surface area contributed by atoms with Crippen LogP contribution in [0.2, 0.25) is 0 Å².